The van der Waals surface area contributed by atoms with Crippen molar-refractivity contribution in [3.8, 4) is 11.1 Å². The van der Waals surface area contributed by atoms with Crippen LogP contribution in [-0.2, 0) is 14.2 Å². The van der Waals surface area contributed by atoms with E-state index in [1.807, 2.05) is 42.5 Å². The van der Waals surface area contributed by atoms with Crippen molar-refractivity contribution in [3.63, 3.8) is 0 Å². The van der Waals surface area contributed by atoms with Gasteiger partial charge < -0.3 is 19.3 Å². The number of aliphatic hydroxyl groups is 1. The summed E-state index contributed by atoms with van der Waals surface area (Å²) < 4.78 is 15.7. The van der Waals surface area contributed by atoms with E-state index in [1.165, 1.54) is 7.11 Å². The Bertz CT molecular complexity index is 668. The highest BCUT2D eigenvalue weighted by molar-refractivity contribution is 5.90. The Hall–Kier alpha value is -2.21. The van der Waals surface area contributed by atoms with Gasteiger partial charge >= 0.3 is 5.97 Å². The van der Waals surface area contributed by atoms with Gasteiger partial charge in [0.25, 0.3) is 0 Å². The summed E-state index contributed by atoms with van der Waals surface area (Å²) in [7, 11) is 1.47. The third kappa shape index (κ3) is 3.82. The smallest absolute Gasteiger partial charge is 0.338 e. The number of ether oxygens (including phenoxy) is 3. The van der Waals surface area contributed by atoms with E-state index in [9.17, 15) is 9.90 Å². The fourth-order valence-electron chi connectivity index (χ4n) is 2.72. The molecule has 2 aromatic carbocycles. The highest BCUT2D eigenvalue weighted by Crippen LogP contribution is 2.22. The van der Waals surface area contributed by atoms with Crippen molar-refractivity contribution in [3.05, 3.63) is 60.2 Å². The Morgan fingerprint density at radius 1 is 1.12 bits per heavy atom. The zero-order chi connectivity index (χ0) is 16.9. The van der Waals surface area contributed by atoms with Crippen molar-refractivity contribution >= 4 is 5.97 Å². The molecule has 24 heavy (non-hydrogen) atoms. The maximum atomic E-state index is 12.1. The number of hydrogen-bond acceptors (Lipinski definition) is 5. The Balaban J connectivity index is 1.56. The molecule has 1 heterocycles. The zero-order valence-electron chi connectivity index (χ0n) is 13.4. The molecule has 126 valence electrons. The predicted octanol–water partition coefficient (Wildman–Crippen LogP) is 2.63. The highest BCUT2D eigenvalue weighted by atomic mass is 16.7. The molecule has 1 N–H and O–H groups in total. The van der Waals surface area contributed by atoms with Crippen molar-refractivity contribution in [2.75, 3.05) is 13.7 Å². The molecule has 0 aliphatic carbocycles. The van der Waals surface area contributed by atoms with E-state index >= 15 is 0 Å². The first-order chi connectivity index (χ1) is 11.7. The molecule has 0 radical (unpaired) electrons. The summed E-state index contributed by atoms with van der Waals surface area (Å²) >= 11 is 0. The second-order valence-electron chi connectivity index (χ2n) is 5.71. The molecule has 1 fully saturated rings. The Labute approximate surface area is 140 Å². The Morgan fingerprint density at radius 2 is 1.79 bits per heavy atom. The molecule has 0 saturated carbocycles. The van der Waals surface area contributed by atoms with E-state index < -0.39 is 18.4 Å². The molecular formula is C19H20O5. The summed E-state index contributed by atoms with van der Waals surface area (Å²) in [5.74, 6) is -0.409. The first kappa shape index (κ1) is 16.6. The van der Waals surface area contributed by atoms with E-state index in [4.69, 9.17) is 14.2 Å². The number of aliphatic hydroxyl groups excluding tert-OH is 1. The molecule has 0 spiro atoms. The second-order valence-corrected chi connectivity index (χ2v) is 5.71. The summed E-state index contributed by atoms with van der Waals surface area (Å²) in [6.07, 6.45) is -1.31. The SMILES string of the molecule is CO[C@H]1O[C@H](COC(=O)c2ccc(-c3ccccc3)cc2)C[C@H]1O. The minimum atomic E-state index is -0.691. The molecule has 3 atom stereocenters. The number of hydrogen-bond donors (Lipinski definition) is 1. The van der Waals surface area contributed by atoms with Crippen LogP contribution in [0, 0.1) is 0 Å². The lowest BCUT2D eigenvalue weighted by Gasteiger charge is -2.13. The molecule has 1 saturated heterocycles. The summed E-state index contributed by atoms with van der Waals surface area (Å²) in [4.78, 5) is 12.1. The van der Waals surface area contributed by atoms with Gasteiger partial charge in [-0.15, -0.1) is 0 Å². The number of carbonyl (C=O) groups excluding carboxylic acids is 1. The van der Waals surface area contributed by atoms with E-state index in [0.717, 1.165) is 11.1 Å². The molecule has 2 aromatic rings. The van der Waals surface area contributed by atoms with Crippen LogP contribution in [0.5, 0.6) is 0 Å². The van der Waals surface area contributed by atoms with Gasteiger partial charge in [-0.3, -0.25) is 0 Å². The number of carbonyl (C=O) groups is 1. The van der Waals surface area contributed by atoms with Gasteiger partial charge in [-0.1, -0.05) is 42.5 Å². The average Bonchev–Trinajstić information content (AvgIpc) is 3.00. The molecule has 1 aliphatic heterocycles. The van der Waals surface area contributed by atoms with Crippen LogP contribution in [0.15, 0.2) is 54.6 Å². The number of methoxy groups -OCH3 is 1. The van der Waals surface area contributed by atoms with Crippen molar-refractivity contribution < 1.29 is 24.1 Å². The van der Waals surface area contributed by atoms with Crippen LogP contribution in [0.3, 0.4) is 0 Å². The average molecular weight is 328 g/mol. The van der Waals surface area contributed by atoms with E-state index in [2.05, 4.69) is 0 Å². The van der Waals surface area contributed by atoms with Crippen LogP contribution in [0.4, 0.5) is 0 Å². The third-order valence-electron chi connectivity index (χ3n) is 4.01. The summed E-state index contributed by atoms with van der Waals surface area (Å²) in [6, 6.07) is 17.2. The van der Waals surface area contributed by atoms with Gasteiger partial charge in [0.1, 0.15) is 12.7 Å². The van der Waals surface area contributed by atoms with E-state index in [0.29, 0.717) is 12.0 Å². The predicted molar refractivity (Wildman–Crippen MR) is 88.5 cm³/mol. The highest BCUT2D eigenvalue weighted by Gasteiger charge is 2.34. The van der Waals surface area contributed by atoms with Crippen LogP contribution in [-0.4, -0.2) is 43.3 Å². The lowest BCUT2D eigenvalue weighted by atomic mass is 10.0. The molecule has 5 heteroatoms. The van der Waals surface area contributed by atoms with E-state index in [-0.39, 0.29) is 12.7 Å². The molecule has 3 rings (SSSR count). The van der Waals surface area contributed by atoms with Crippen LogP contribution in [0.25, 0.3) is 11.1 Å². The summed E-state index contributed by atoms with van der Waals surface area (Å²) in [5, 5.41) is 9.69. The van der Waals surface area contributed by atoms with Crippen LogP contribution in [0.1, 0.15) is 16.8 Å². The van der Waals surface area contributed by atoms with Crippen molar-refractivity contribution in [2.45, 2.75) is 24.9 Å². The topological polar surface area (TPSA) is 65.0 Å². The molecule has 5 nitrogen and oxygen atoms in total. The van der Waals surface area contributed by atoms with E-state index in [1.54, 1.807) is 12.1 Å². The standard InChI is InChI=1S/C19H20O5/c1-22-19-17(20)11-16(24-19)12-23-18(21)15-9-7-14(8-10-15)13-5-3-2-4-6-13/h2-10,16-17,19-20H,11-12H2,1H3/t16-,17+,19-/m0/s1. The summed E-state index contributed by atoms with van der Waals surface area (Å²) in [6.45, 7) is 0.0934. The van der Waals surface area contributed by atoms with Gasteiger partial charge in [0, 0.05) is 13.5 Å². The Morgan fingerprint density at radius 3 is 2.42 bits per heavy atom. The third-order valence-corrected chi connectivity index (χ3v) is 4.01. The number of esters is 1. The fourth-order valence-corrected chi connectivity index (χ4v) is 2.72. The molecule has 0 bridgehead atoms. The van der Waals surface area contributed by atoms with Gasteiger partial charge in [-0.05, 0) is 23.3 Å². The fraction of sp³-hybridized carbons (Fsp3) is 0.316. The van der Waals surface area contributed by atoms with Gasteiger partial charge in [0.2, 0.25) is 0 Å². The van der Waals surface area contributed by atoms with Crippen molar-refractivity contribution in [1.82, 2.24) is 0 Å². The number of rotatable bonds is 5. The summed E-state index contributed by atoms with van der Waals surface area (Å²) in [5.41, 5.74) is 2.62. The minimum Gasteiger partial charge on any atom is -0.459 e. The normalized spacial score (nSPS) is 23.2. The molecule has 1 aliphatic rings. The zero-order valence-corrected chi connectivity index (χ0v) is 13.4. The van der Waals surface area contributed by atoms with Crippen LogP contribution >= 0.6 is 0 Å². The van der Waals surface area contributed by atoms with Crippen molar-refractivity contribution in [1.29, 1.82) is 0 Å². The monoisotopic (exact) mass is 328 g/mol. The molecule has 0 unspecified atom stereocenters. The lowest BCUT2D eigenvalue weighted by Crippen LogP contribution is -2.22. The Kier molecular flexibility index (Phi) is 5.25. The molecular weight excluding hydrogens is 308 g/mol. The molecule has 0 amide bonds. The maximum Gasteiger partial charge on any atom is 0.338 e. The van der Waals surface area contributed by atoms with Gasteiger partial charge in [-0.25, -0.2) is 4.79 Å². The lowest BCUT2D eigenvalue weighted by molar-refractivity contribution is -0.153. The largest absolute Gasteiger partial charge is 0.459 e. The quantitative estimate of drug-likeness (QED) is 0.855. The maximum absolute atomic E-state index is 12.1. The van der Waals surface area contributed by atoms with Gasteiger partial charge in [-0.2, -0.15) is 0 Å². The van der Waals surface area contributed by atoms with Crippen molar-refractivity contribution in [2.24, 2.45) is 0 Å². The number of benzene rings is 2. The van der Waals surface area contributed by atoms with Gasteiger partial charge in [0.05, 0.1) is 11.7 Å². The van der Waals surface area contributed by atoms with Gasteiger partial charge in [0.15, 0.2) is 6.29 Å². The van der Waals surface area contributed by atoms with Crippen LogP contribution in [0.2, 0.25) is 0 Å². The first-order valence-corrected chi connectivity index (χ1v) is 7.86. The van der Waals surface area contributed by atoms with Crippen LogP contribution < -0.4 is 0 Å². The second kappa shape index (κ2) is 7.57. The molecule has 0 aromatic heterocycles. The first-order valence-electron chi connectivity index (χ1n) is 7.86. The minimum absolute atomic E-state index is 0.0934.